The molecule has 0 N–H and O–H groups in total. The summed E-state index contributed by atoms with van der Waals surface area (Å²) in [5.74, 6) is 0.310. The molecule has 2 rings (SSSR count). The van der Waals surface area contributed by atoms with Crippen LogP contribution in [0.15, 0.2) is 60.7 Å². The van der Waals surface area contributed by atoms with Gasteiger partial charge in [0.05, 0.1) is 24.9 Å². The Morgan fingerprint density at radius 3 is 1.52 bits per heavy atom. The van der Waals surface area contributed by atoms with Gasteiger partial charge in [0.15, 0.2) is 5.78 Å². The third-order valence-electron chi connectivity index (χ3n) is 6.37. The van der Waals surface area contributed by atoms with Crippen LogP contribution in [0.3, 0.4) is 0 Å². The normalized spacial score (nSPS) is 12.5. The van der Waals surface area contributed by atoms with E-state index in [2.05, 4.69) is 20.8 Å². The number of carbonyl (C=O) groups excluding carboxylic acids is 2. The first-order valence-corrected chi connectivity index (χ1v) is 14.5. The molecule has 168 valence electrons. The van der Waals surface area contributed by atoms with Crippen LogP contribution in [0.25, 0.3) is 0 Å². The quantitative estimate of drug-likeness (QED) is 0.208. The number of benzene rings is 2. The first-order chi connectivity index (χ1) is 15.1. The minimum atomic E-state index is -1.62. The van der Waals surface area contributed by atoms with Gasteiger partial charge in [0.1, 0.15) is 5.66 Å². The molecule has 0 aromatic heterocycles. The van der Waals surface area contributed by atoms with Gasteiger partial charge in [-0.1, -0.05) is 101 Å². The van der Waals surface area contributed by atoms with Gasteiger partial charge < -0.3 is 0 Å². The molecule has 1 unspecified atom stereocenters. The van der Waals surface area contributed by atoms with Gasteiger partial charge in [-0.15, -0.1) is 0 Å². The largest absolute Gasteiger partial charge is 0.294 e. The van der Waals surface area contributed by atoms with E-state index in [-0.39, 0.29) is 17.2 Å². The SMILES string of the molecule is CCCC[P+](CCCC)(CCCC)C(CC(=O)c1ccccc1)C(=O)c1ccccc1. The van der Waals surface area contributed by atoms with Crippen LogP contribution in [0.5, 0.6) is 0 Å². The minimum Gasteiger partial charge on any atom is -0.294 e. The average molecular weight is 440 g/mol. The highest BCUT2D eigenvalue weighted by molar-refractivity contribution is 7.77. The Morgan fingerprint density at radius 1 is 0.677 bits per heavy atom. The first kappa shape index (κ1) is 25.5. The zero-order valence-electron chi connectivity index (χ0n) is 19.7. The summed E-state index contributed by atoms with van der Waals surface area (Å²) in [6.07, 6.45) is 10.6. The van der Waals surface area contributed by atoms with Gasteiger partial charge >= 0.3 is 0 Å². The molecular weight excluding hydrogens is 399 g/mol. The summed E-state index contributed by atoms with van der Waals surface area (Å²) in [4.78, 5) is 27.2. The van der Waals surface area contributed by atoms with Crippen molar-refractivity contribution in [2.24, 2.45) is 0 Å². The molecule has 1 atom stereocenters. The maximum atomic E-state index is 13.9. The summed E-state index contributed by atoms with van der Waals surface area (Å²) in [5.41, 5.74) is 1.34. The van der Waals surface area contributed by atoms with Crippen molar-refractivity contribution in [3.05, 3.63) is 71.8 Å². The molecule has 2 aromatic rings. The third kappa shape index (κ3) is 7.39. The van der Waals surface area contributed by atoms with E-state index in [1.54, 1.807) is 0 Å². The highest BCUT2D eigenvalue weighted by Gasteiger charge is 2.49. The second-order valence-corrected chi connectivity index (χ2v) is 13.1. The molecule has 0 saturated carbocycles. The lowest BCUT2D eigenvalue weighted by Crippen LogP contribution is -2.32. The van der Waals surface area contributed by atoms with E-state index in [0.717, 1.165) is 68.1 Å². The van der Waals surface area contributed by atoms with Crippen LogP contribution < -0.4 is 0 Å². The number of unbranched alkanes of at least 4 members (excludes halogenated alkanes) is 3. The zero-order valence-corrected chi connectivity index (χ0v) is 20.6. The van der Waals surface area contributed by atoms with E-state index in [4.69, 9.17) is 0 Å². The van der Waals surface area contributed by atoms with Crippen molar-refractivity contribution in [2.45, 2.75) is 71.4 Å². The molecule has 0 aliphatic carbocycles. The highest BCUT2D eigenvalue weighted by Crippen LogP contribution is 2.66. The van der Waals surface area contributed by atoms with Crippen LogP contribution in [-0.4, -0.2) is 35.7 Å². The van der Waals surface area contributed by atoms with Crippen molar-refractivity contribution in [1.82, 2.24) is 0 Å². The molecule has 0 radical (unpaired) electrons. The molecule has 0 fully saturated rings. The van der Waals surface area contributed by atoms with Crippen LogP contribution >= 0.6 is 7.26 Å². The smallest absolute Gasteiger partial charge is 0.203 e. The van der Waals surface area contributed by atoms with E-state index in [9.17, 15) is 9.59 Å². The Morgan fingerprint density at radius 2 is 1.10 bits per heavy atom. The maximum absolute atomic E-state index is 13.9. The molecule has 0 spiro atoms. The van der Waals surface area contributed by atoms with E-state index in [1.165, 1.54) is 0 Å². The van der Waals surface area contributed by atoms with Gasteiger partial charge in [0, 0.05) is 18.4 Å². The molecule has 31 heavy (non-hydrogen) atoms. The van der Waals surface area contributed by atoms with Crippen molar-refractivity contribution in [3.8, 4) is 0 Å². The van der Waals surface area contributed by atoms with Crippen LogP contribution in [0, 0.1) is 0 Å². The molecule has 0 aliphatic heterocycles. The minimum absolute atomic E-state index is 0.115. The van der Waals surface area contributed by atoms with Crippen LogP contribution in [0.2, 0.25) is 0 Å². The van der Waals surface area contributed by atoms with E-state index < -0.39 is 7.26 Å². The Labute approximate surface area is 190 Å². The van der Waals surface area contributed by atoms with Crippen LogP contribution in [0.4, 0.5) is 0 Å². The summed E-state index contributed by atoms with van der Waals surface area (Å²) < 4.78 is 0. The monoisotopic (exact) mass is 439 g/mol. The number of Topliss-reactive ketones (excluding diaryl/α,β-unsaturated/α-hetero) is 2. The number of hydrogen-bond acceptors (Lipinski definition) is 2. The van der Waals surface area contributed by atoms with Crippen molar-refractivity contribution in [3.63, 3.8) is 0 Å². The van der Waals surface area contributed by atoms with Crippen LogP contribution in [0.1, 0.15) is 86.4 Å². The fourth-order valence-corrected chi connectivity index (χ4v) is 10.1. The van der Waals surface area contributed by atoms with Crippen molar-refractivity contribution in [1.29, 1.82) is 0 Å². The molecule has 2 aromatic carbocycles. The lowest BCUT2D eigenvalue weighted by Gasteiger charge is -2.34. The lowest BCUT2D eigenvalue weighted by molar-refractivity contribution is 0.0921. The predicted molar refractivity (Wildman–Crippen MR) is 136 cm³/mol. The highest BCUT2D eigenvalue weighted by atomic mass is 31.2. The maximum Gasteiger partial charge on any atom is 0.203 e. The van der Waals surface area contributed by atoms with Gasteiger partial charge in [0.2, 0.25) is 5.78 Å². The van der Waals surface area contributed by atoms with Gasteiger partial charge in [-0.2, -0.15) is 0 Å². The van der Waals surface area contributed by atoms with Gasteiger partial charge in [0.25, 0.3) is 0 Å². The average Bonchev–Trinajstić information content (AvgIpc) is 2.83. The third-order valence-corrected chi connectivity index (χ3v) is 11.7. The molecule has 0 heterocycles. The van der Waals surface area contributed by atoms with Crippen molar-refractivity contribution in [2.75, 3.05) is 18.5 Å². The second kappa shape index (κ2) is 13.6. The topological polar surface area (TPSA) is 34.1 Å². The van der Waals surface area contributed by atoms with E-state index in [1.807, 2.05) is 60.7 Å². The summed E-state index contributed by atoms with van der Waals surface area (Å²) >= 11 is 0. The van der Waals surface area contributed by atoms with Gasteiger partial charge in [-0.3, -0.25) is 9.59 Å². The van der Waals surface area contributed by atoms with Crippen LogP contribution in [-0.2, 0) is 0 Å². The Balaban J connectivity index is 2.49. The Bertz CT molecular complexity index is 763. The molecule has 3 heteroatoms. The molecular formula is C28H40O2P+. The number of carbonyl (C=O) groups is 2. The first-order valence-electron chi connectivity index (χ1n) is 12.1. The molecule has 0 aliphatic rings. The molecule has 0 saturated heterocycles. The standard InChI is InChI=1S/C28H40O2P/c1-4-7-20-31(21-8-5-2,22-9-6-3)27(28(30)25-18-14-11-15-19-25)23-26(29)24-16-12-10-13-17-24/h10-19,27H,4-9,20-23H2,1-3H3/q+1. The summed E-state index contributed by atoms with van der Waals surface area (Å²) in [7, 11) is -1.62. The molecule has 0 amide bonds. The second-order valence-electron chi connectivity index (χ2n) is 8.69. The Hall–Kier alpha value is -1.79. The predicted octanol–water partition coefficient (Wildman–Crippen LogP) is 7.93. The number of hydrogen-bond donors (Lipinski definition) is 0. The van der Waals surface area contributed by atoms with E-state index in [0.29, 0.717) is 6.42 Å². The van der Waals surface area contributed by atoms with Gasteiger partial charge in [-0.05, 0) is 19.3 Å². The zero-order chi connectivity index (χ0) is 22.5. The fourth-order valence-electron chi connectivity index (χ4n) is 4.47. The fraction of sp³-hybridized carbons (Fsp3) is 0.500. The summed E-state index contributed by atoms with van der Waals surface area (Å²) in [6, 6.07) is 19.2. The van der Waals surface area contributed by atoms with Gasteiger partial charge in [-0.25, -0.2) is 0 Å². The Kier molecular flexibility index (Phi) is 11.2. The number of ketones is 2. The lowest BCUT2D eigenvalue weighted by atomic mass is 10.0. The van der Waals surface area contributed by atoms with Crippen molar-refractivity contribution < 1.29 is 9.59 Å². The number of rotatable bonds is 15. The molecule has 0 bridgehead atoms. The van der Waals surface area contributed by atoms with E-state index >= 15 is 0 Å². The summed E-state index contributed by atoms with van der Waals surface area (Å²) in [6.45, 7) is 6.70. The van der Waals surface area contributed by atoms with Crippen molar-refractivity contribution >= 4 is 18.8 Å². The summed E-state index contributed by atoms with van der Waals surface area (Å²) in [5, 5.41) is 0. The molecule has 2 nitrogen and oxygen atoms in total.